The molecule has 0 spiro atoms. The summed E-state index contributed by atoms with van der Waals surface area (Å²) in [4.78, 5) is 27.9. The third-order valence-corrected chi connectivity index (χ3v) is 5.38. The van der Waals surface area contributed by atoms with Crippen LogP contribution < -0.4 is 19.1 Å². The summed E-state index contributed by atoms with van der Waals surface area (Å²) in [5.74, 6) is 0.154. The zero-order valence-electron chi connectivity index (χ0n) is 19.4. The molecule has 2 aromatic carbocycles. The summed E-state index contributed by atoms with van der Waals surface area (Å²) >= 11 is 0. The molecule has 0 saturated heterocycles. The van der Waals surface area contributed by atoms with Crippen LogP contribution in [0.3, 0.4) is 0 Å². The lowest BCUT2D eigenvalue weighted by Crippen LogP contribution is -2.29. The normalized spacial score (nSPS) is 14.9. The van der Waals surface area contributed by atoms with E-state index in [0.29, 0.717) is 34.8 Å². The van der Waals surface area contributed by atoms with Gasteiger partial charge in [-0.25, -0.2) is 9.59 Å². The smallest absolute Gasteiger partial charge is 0.336 e. The quantitative estimate of drug-likeness (QED) is 0.534. The van der Waals surface area contributed by atoms with Gasteiger partial charge in [-0.05, 0) is 62.7 Å². The number of hydrogen-bond acceptors (Lipinski definition) is 8. The number of nitrogens with zero attached hydrogens (tertiary/aromatic N) is 1. The topological polar surface area (TPSA) is 83.5 Å². The van der Waals surface area contributed by atoms with Crippen LogP contribution in [0, 0.1) is 0 Å². The molecule has 34 heavy (non-hydrogen) atoms. The van der Waals surface area contributed by atoms with E-state index in [1.165, 1.54) is 0 Å². The standard InChI is InChI=1S/C26H27NO7/c1-4-30-19-10-8-18(9-11-19)27-14-20(25(28)31-5-2)24(21(15-27)26(29)32-6-3)17-7-12-22-23(13-17)34-16-33-22/h7-15,24H,4-6,16H2,1-3H3. The summed E-state index contributed by atoms with van der Waals surface area (Å²) in [6, 6.07) is 12.7. The Morgan fingerprint density at radius 1 is 0.853 bits per heavy atom. The first-order valence-corrected chi connectivity index (χ1v) is 11.2. The highest BCUT2D eigenvalue weighted by Crippen LogP contribution is 2.42. The van der Waals surface area contributed by atoms with Crippen molar-refractivity contribution in [3.63, 3.8) is 0 Å². The van der Waals surface area contributed by atoms with Crippen LogP contribution in [0.25, 0.3) is 0 Å². The molecule has 2 aliphatic rings. The van der Waals surface area contributed by atoms with Crippen LogP contribution in [0.1, 0.15) is 32.3 Å². The molecule has 0 N–H and O–H groups in total. The number of anilines is 1. The molecule has 0 aromatic heterocycles. The van der Waals surface area contributed by atoms with Gasteiger partial charge in [0.1, 0.15) is 5.75 Å². The summed E-state index contributed by atoms with van der Waals surface area (Å²) in [5, 5.41) is 0. The lowest BCUT2D eigenvalue weighted by molar-refractivity contribution is -0.139. The van der Waals surface area contributed by atoms with Crippen molar-refractivity contribution in [3.05, 3.63) is 71.6 Å². The number of ether oxygens (including phenoxy) is 5. The van der Waals surface area contributed by atoms with Gasteiger partial charge in [0.25, 0.3) is 0 Å². The van der Waals surface area contributed by atoms with E-state index in [9.17, 15) is 9.59 Å². The van der Waals surface area contributed by atoms with Crippen LogP contribution in [-0.2, 0) is 19.1 Å². The highest BCUT2D eigenvalue weighted by Gasteiger charge is 2.36. The third kappa shape index (κ3) is 4.71. The first kappa shape index (κ1) is 23.2. The first-order chi connectivity index (χ1) is 16.5. The summed E-state index contributed by atoms with van der Waals surface area (Å²) in [5.41, 5.74) is 2.05. The van der Waals surface area contributed by atoms with Gasteiger partial charge in [0.2, 0.25) is 6.79 Å². The summed E-state index contributed by atoms with van der Waals surface area (Å²) in [6.07, 6.45) is 3.37. The van der Waals surface area contributed by atoms with Crippen LogP contribution in [0.5, 0.6) is 17.2 Å². The minimum atomic E-state index is -0.702. The van der Waals surface area contributed by atoms with Gasteiger partial charge < -0.3 is 28.6 Å². The molecule has 8 nitrogen and oxygen atoms in total. The zero-order valence-corrected chi connectivity index (χ0v) is 19.4. The van der Waals surface area contributed by atoms with Crippen molar-refractivity contribution in [1.82, 2.24) is 0 Å². The molecule has 0 aliphatic carbocycles. The van der Waals surface area contributed by atoms with Crippen LogP contribution >= 0.6 is 0 Å². The number of hydrogen-bond donors (Lipinski definition) is 0. The van der Waals surface area contributed by atoms with Gasteiger partial charge in [0.15, 0.2) is 11.5 Å². The van der Waals surface area contributed by atoms with Gasteiger partial charge >= 0.3 is 11.9 Å². The van der Waals surface area contributed by atoms with Crippen molar-refractivity contribution >= 4 is 17.6 Å². The minimum Gasteiger partial charge on any atom is -0.494 e. The van der Waals surface area contributed by atoms with Gasteiger partial charge in [-0.1, -0.05) is 6.07 Å². The average molecular weight is 466 g/mol. The van der Waals surface area contributed by atoms with E-state index in [1.807, 2.05) is 37.3 Å². The number of carbonyl (C=O) groups is 2. The molecule has 2 heterocycles. The Hall–Kier alpha value is -3.94. The van der Waals surface area contributed by atoms with E-state index < -0.39 is 17.9 Å². The van der Waals surface area contributed by atoms with Crippen LogP contribution in [-0.4, -0.2) is 38.6 Å². The molecule has 2 aromatic rings. The maximum absolute atomic E-state index is 13.1. The molecule has 0 saturated carbocycles. The molecule has 8 heteroatoms. The molecular formula is C26H27NO7. The minimum absolute atomic E-state index is 0.121. The number of benzene rings is 2. The van der Waals surface area contributed by atoms with Gasteiger partial charge in [-0.3, -0.25) is 0 Å². The molecule has 0 fully saturated rings. The lowest BCUT2D eigenvalue weighted by atomic mass is 9.83. The van der Waals surface area contributed by atoms with Crippen molar-refractivity contribution < 1.29 is 33.3 Å². The fourth-order valence-electron chi connectivity index (χ4n) is 3.91. The molecule has 0 atom stereocenters. The largest absolute Gasteiger partial charge is 0.494 e. The Labute approximate surface area is 198 Å². The van der Waals surface area contributed by atoms with E-state index in [0.717, 1.165) is 11.4 Å². The number of carbonyl (C=O) groups excluding carboxylic acids is 2. The highest BCUT2D eigenvalue weighted by molar-refractivity contribution is 6.00. The van der Waals surface area contributed by atoms with E-state index in [2.05, 4.69) is 0 Å². The van der Waals surface area contributed by atoms with Crippen molar-refractivity contribution in [2.75, 3.05) is 31.5 Å². The first-order valence-electron chi connectivity index (χ1n) is 11.2. The molecule has 4 rings (SSSR count). The number of fused-ring (bicyclic) bond motifs is 1. The molecule has 0 bridgehead atoms. The molecule has 0 unspecified atom stereocenters. The van der Waals surface area contributed by atoms with Gasteiger partial charge in [0, 0.05) is 18.1 Å². The van der Waals surface area contributed by atoms with Gasteiger partial charge in [0.05, 0.1) is 36.9 Å². The summed E-state index contributed by atoms with van der Waals surface area (Å²) in [6.45, 7) is 6.47. The Bertz CT molecular complexity index is 1080. The van der Waals surface area contributed by atoms with E-state index in [-0.39, 0.29) is 20.0 Å². The van der Waals surface area contributed by atoms with Crippen LogP contribution in [0.15, 0.2) is 66.0 Å². The molecule has 0 radical (unpaired) electrons. The maximum atomic E-state index is 13.1. The van der Waals surface area contributed by atoms with Crippen LogP contribution in [0.2, 0.25) is 0 Å². The molecule has 178 valence electrons. The van der Waals surface area contributed by atoms with Crippen molar-refractivity contribution in [3.8, 4) is 17.2 Å². The van der Waals surface area contributed by atoms with Crippen LogP contribution in [0.4, 0.5) is 5.69 Å². The SMILES string of the molecule is CCOC(=O)C1=CN(c2ccc(OCC)cc2)C=C(C(=O)OCC)C1c1ccc2c(c1)OCO2. The second-order valence-electron chi connectivity index (χ2n) is 7.49. The van der Waals surface area contributed by atoms with E-state index in [1.54, 1.807) is 43.3 Å². The lowest BCUT2D eigenvalue weighted by Gasteiger charge is -2.30. The Morgan fingerprint density at radius 2 is 1.47 bits per heavy atom. The Balaban J connectivity index is 1.81. The number of rotatable bonds is 8. The third-order valence-electron chi connectivity index (χ3n) is 5.38. The monoisotopic (exact) mass is 465 g/mol. The zero-order chi connectivity index (χ0) is 24.1. The van der Waals surface area contributed by atoms with E-state index in [4.69, 9.17) is 23.7 Å². The fourth-order valence-corrected chi connectivity index (χ4v) is 3.91. The predicted molar refractivity (Wildman–Crippen MR) is 125 cm³/mol. The Morgan fingerprint density at radius 3 is 2.06 bits per heavy atom. The van der Waals surface area contributed by atoms with Crippen molar-refractivity contribution in [2.24, 2.45) is 0 Å². The predicted octanol–water partition coefficient (Wildman–Crippen LogP) is 4.31. The maximum Gasteiger partial charge on any atom is 0.336 e. The fraction of sp³-hybridized carbons (Fsp3) is 0.308. The van der Waals surface area contributed by atoms with Gasteiger partial charge in [-0.2, -0.15) is 0 Å². The molecular weight excluding hydrogens is 438 g/mol. The second kappa shape index (κ2) is 10.3. The summed E-state index contributed by atoms with van der Waals surface area (Å²) in [7, 11) is 0. The average Bonchev–Trinajstić information content (AvgIpc) is 3.32. The Kier molecular flexibility index (Phi) is 7.06. The highest BCUT2D eigenvalue weighted by atomic mass is 16.7. The molecule has 2 aliphatic heterocycles. The van der Waals surface area contributed by atoms with Crippen molar-refractivity contribution in [2.45, 2.75) is 26.7 Å². The molecule has 0 amide bonds. The second-order valence-corrected chi connectivity index (χ2v) is 7.49. The van der Waals surface area contributed by atoms with Gasteiger partial charge in [-0.15, -0.1) is 0 Å². The van der Waals surface area contributed by atoms with E-state index >= 15 is 0 Å². The summed E-state index contributed by atoms with van der Waals surface area (Å²) < 4.78 is 27.2. The number of esters is 2. The van der Waals surface area contributed by atoms with Crippen molar-refractivity contribution in [1.29, 1.82) is 0 Å².